The fourth-order valence-electron chi connectivity index (χ4n) is 2.02. The molecular formula is C15H16N4OS. The van der Waals surface area contributed by atoms with Gasteiger partial charge in [0.05, 0.1) is 17.1 Å². The zero-order valence-corrected chi connectivity index (χ0v) is 12.7. The summed E-state index contributed by atoms with van der Waals surface area (Å²) in [6.07, 6.45) is 0.589. The molecule has 0 amide bonds. The lowest BCUT2D eigenvalue weighted by Gasteiger charge is -2.04. The summed E-state index contributed by atoms with van der Waals surface area (Å²) in [7, 11) is 0. The SMILES string of the molecule is Cc1nc(Cc2noc(-c3ccc([C@H](C)N)cc3)n2)cs1. The molecule has 2 aromatic heterocycles. The fourth-order valence-corrected chi connectivity index (χ4v) is 2.64. The molecule has 108 valence electrons. The van der Waals surface area contributed by atoms with Crippen LogP contribution >= 0.6 is 11.3 Å². The van der Waals surface area contributed by atoms with Crippen molar-refractivity contribution < 1.29 is 4.52 Å². The molecule has 2 N–H and O–H groups in total. The minimum absolute atomic E-state index is 0.0187. The minimum Gasteiger partial charge on any atom is -0.334 e. The summed E-state index contributed by atoms with van der Waals surface area (Å²) in [5, 5.41) is 7.07. The largest absolute Gasteiger partial charge is 0.334 e. The maximum absolute atomic E-state index is 5.84. The van der Waals surface area contributed by atoms with E-state index in [9.17, 15) is 0 Å². The Bertz CT molecular complexity index is 730. The maximum atomic E-state index is 5.84. The number of rotatable bonds is 4. The first-order valence-corrected chi connectivity index (χ1v) is 7.59. The van der Waals surface area contributed by atoms with Crippen molar-refractivity contribution in [2.24, 2.45) is 5.73 Å². The van der Waals surface area contributed by atoms with Gasteiger partial charge in [0, 0.05) is 17.0 Å². The summed E-state index contributed by atoms with van der Waals surface area (Å²) in [4.78, 5) is 8.82. The van der Waals surface area contributed by atoms with E-state index in [1.807, 2.05) is 43.5 Å². The van der Waals surface area contributed by atoms with Crippen LogP contribution in [0, 0.1) is 6.92 Å². The second kappa shape index (κ2) is 5.75. The van der Waals surface area contributed by atoms with Crippen molar-refractivity contribution in [2.45, 2.75) is 26.3 Å². The molecule has 3 aromatic rings. The van der Waals surface area contributed by atoms with Crippen LogP contribution in [0.1, 0.15) is 35.1 Å². The second-order valence-electron chi connectivity index (χ2n) is 4.96. The van der Waals surface area contributed by atoms with Crippen molar-refractivity contribution in [1.82, 2.24) is 15.1 Å². The Morgan fingerprint density at radius 3 is 2.62 bits per heavy atom. The van der Waals surface area contributed by atoms with Crippen molar-refractivity contribution in [3.8, 4) is 11.5 Å². The Labute approximate surface area is 126 Å². The number of nitrogens with zero attached hydrogens (tertiary/aromatic N) is 3. The molecule has 0 fully saturated rings. The third-order valence-corrected chi connectivity index (χ3v) is 3.98. The summed E-state index contributed by atoms with van der Waals surface area (Å²) in [5.74, 6) is 1.17. The van der Waals surface area contributed by atoms with Crippen LogP contribution < -0.4 is 5.73 Å². The van der Waals surface area contributed by atoms with Crippen LogP contribution in [0.2, 0.25) is 0 Å². The van der Waals surface area contributed by atoms with E-state index in [2.05, 4.69) is 15.1 Å². The molecule has 3 rings (SSSR count). The molecule has 1 atom stereocenters. The van der Waals surface area contributed by atoms with Gasteiger partial charge in [-0.3, -0.25) is 0 Å². The molecule has 0 saturated heterocycles. The van der Waals surface area contributed by atoms with Gasteiger partial charge in [0.1, 0.15) is 0 Å². The molecule has 5 nitrogen and oxygen atoms in total. The van der Waals surface area contributed by atoms with Crippen molar-refractivity contribution in [2.75, 3.05) is 0 Å². The van der Waals surface area contributed by atoms with Gasteiger partial charge in [-0.25, -0.2) is 4.98 Å². The van der Waals surface area contributed by atoms with Crippen molar-refractivity contribution in [3.05, 3.63) is 51.7 Å². The van der Waals surface area contributed by atoms with E-state index >= 15 is 0 Å². The molecule has 1 aromatic carbocycles. The van der Waals surface area contributed by atoms with Gasteiger partial charge in [0.25, 0.3) is 5.89 Å². The van der Waals surface area contributed by atoms with E-state index in [1.165, 1.54) is 0 Å². The lowest BCUT2D eigenvalue weighted by molar-refractivity contribution is 0.423. The Morgan fingerprint density at radius 2 is 2.00 bits per heavy atom. The van der Waals surface area contributed by atoms with Gasteiger partial charge in [0.15, 0.2) is 5.82 Å². The first kappa shape index (κ1) is 13.9. The molecule has 0 aliphatic carbocycles. The predicted molar refractivity (Wildman–Crippen MR) is 82.0 cm³/mol. The standard InChI is InChI=1S/C15H16N4OS/c1-9(16)11-3-5-12(6-4-11)15-18-14(19-20-15)7-13-8-21-10(2)17-13/h3-6,8-9H,7,16H2,1-2H3/t9-/m0/s1. The number of nitrogens with two attached hydrogens (primary N) is 1. The molecule has 6 heteroatoms. The predicted octanol–water partition coefficient (Wildman–Crippen LogP) is 3.11. The summed E-state index contributed by atoms with van der Waals surface area (Å²) in [6, 6.07) is 7.87. The third kappa shape index (κ3) is 3.17. The zero-order chi connectivity index (χ0) is 14.8. The first-order valence-electron chi connectivity index (χ1n) is 6.71. The molecule has 0 spiro atoms. The molecule has 0 saturated carbocycles. The topological polar surface area (TPSA) is 77.8 Å². The van der Waals surface area contributed by atoms with Gasteiger partial charge in [-0.05, 0) is 31.5 Å². The average Bonchev–Trinajstić information content (AvgIpc) is 3.09. The van der Waals surface area contributed by atoms with Crippen molar-refractivity contribution >= 4 is 11.3 Å². The molecule has 21 heavy (non-hydrogen) atoms. The van der Waals surface area contributed by atoms with Crippen LogP contribution in [-0.2, 0) is 6.42 Å². The third-order valence-electron chi connectivity index (χ3n) is 3.16. The van der Waals surface area contributed by atoms with Gasteiger partial charge < -0.3 is 10.3 Å². The quantitative estimate of drug-likeness (QED) is 0.801. The zero-order valence-electron chi connectivity index (χ0n) is 11.9. The van der Waals surface area contributed by atoms with Gasteiger partial charge in [-0.2, -0.15) is 4.98 Å². The monoisotopic (exact) mass is 300 g/mol. The number of benzene rings is 1. The Kier molecular flexibility index (Phi) is 3.81. The minimum atomic E-state index is 0.0187. The number of aryl methyl sites for hydroxylation is 1. The molecular weight excluding hydrogens is 284 g/mol. The lowest BCUT2D eigenvalue weighted by Crippen LogP contribution is -2.04. The van der Waals surface area contributed by atoms with E-state index in [1.54, 1.807) is 11.3 Å². The molecule has 0 radical (unpaired) electrons. The van der Waals surface area contributed by atoms with E-state index < -0.39 is 0 Å². The highest BCUT2D eigenvalue weighted by molar-refractivity contribution is 7.09. The van der Waals surface area contributed by atoms with Gasteiger partial charge in [-0.15, -0.1) is 11.3 Å². The lowest BCUT2D eigenvalue weighted by atomic mass is 10.1. The van der Waals surface area contributed by atoms with Crippen molar-refractivity contribution in [3.63, 3.8) is 0 Å². The Hall–Kier alpha value is -2.05. The molecule has 2 heterocycles. The highest BCUT2D eigenvalue weighted by atomic mass is 32.1. The number of hydrogen-bond acceptors (Lipinski definition) is 6. The highest BCUT2D eigenvalue weighted by Gasteiger charge is 2.11. The highest BCUT2D eigenvalue weighted by Crippen LogP contribution is 2.20. The normalized spacial score (nSPS) is 12.5. The summed E-state index contributed by atoms with van der Waals surface area (Å²) >= 11 is 1.62. The molecule has 0 unspecified atom stereocenters. The van der Waals surface area contributed by atoms with Crippen LogP contribution in [0.25, 0.3) is 11.5 Å². The number of thiazole rings is 1. The van der Waals surface area contributed by atoms with Gasteiger partial charge >= 0.3 is 0 Å². The van der Waals surface area contributed by atoms with Crippen LogP contribution in [0.15, 0.2) is 34.2 Å². The van der Waals surface area contributed by atoms with Gasteiger partial charge in [0.2, 0.25) is 0 Å². The van der Waals surface area contributed by atoms with Crippen LogP contribution in [0.5, 0.6) is 0 Å². The van der Waals surface area contributed by atoms with E-state index in [-0.39, 0.29) is 6.04 Å². The van der Waals surface area contributed by atoms with Gasteiger partial charge in [-0.1, -0.05) is 17.3 Å². The molecule has 0 bridgehead atoms. The summed E-state index contributed by atoms with van der Waals surface area (Å²) in [6.45, 7) is 3.94. The Morgan fingerprint density at radius 1 is 1.24 bits per heavy atom. The Balaban J connectivity index is 1.78. The molecule has 0 aliphatic heterocycles. The second-order valence-corrected chi connectivity index (χ2v) is 6.02. The van der Waals surface area contributed by atoms with Crippen LogP contribution in [-0.4, -0.2) is 15.1 Å². The van der Waals surface area contributed by atoms with Crippen molar-refractivity contribution in [1.29, 1.82) is 0 Å². The molecule has 0 aliphatic rings. The fraction of sp³-hybridized carbons (Fsp3) is 0.267. The van der Waals surface area contributed by atoms with Crippen LogP contribution in [0.3, 0.4) is 0 Å². The smallest absolute Gasteiger partial charge is 0.257 e. The number of aromatic nitrogens is 3. The van der Waals surface area contributed by atoms with E-state index in [0.717, 1.165) is 21.8 Å². The van der Waals surface area contributed by atoms with E-state index in [4.69, 9.17) is 10.3 Å². The maximum Gasteiger partial charge on any atom is 0.257 e. The number of hydrogen-bond donors (Lipinski definition) is 1. The average molecular weight is 300 g/mol. The summed E-state index contributed by atoms with van der Waals surface area (Å²) in [5.41, 5.74) is 8.78. The first-order chi connectivity index (χ1) is 10.1. The summed E-state index contributed by atoms with van der Waals surface area (Å²) < 4.78 is 5.31. The van der Waals surface area contributed by atoms with Crippen LogP contribution in [0.4, 0.5) is 0 Å². The van der Waals surface area contributed by atoms with E-state index in [0.29, 0.717) is 18.1 Å².